The fourth-order valence-corrected chi connectivity index (χ4v) is 1.61. The second kappa shape index (κ2) is 5.19. The van der Waals surface area contributed by atoms with Crippen molar-refractivity contribution in [2.24, 2.45) is 0 Å². The number of hydrogen-bond donors (Lipinski definition) is 0. The van der Waals surface area contributed by atoms with Gasteiger partial charge in [0.15, 0.2) is 0 Å². The summed E-state index contributed by atoms with van der Waals surface area (Å²) >= 11 is 0. The number of pyridine rings is 1. The Morgan fingerprint density at radius 2 is 1.78 bits per heavy atom. The Kier molecular flexibility index (Phi) is 3.44. The van der Waals surface area contributed by atoms with Gasteiger partial charge in [-0.25, -0.2) is 4.98 Å². The van der Waals surface area contributed by atoms with Crippen LogP contribution in [0.5, 0.6) is 5.75 Å². The van der Waals surface area contributed by atoms with Crippen LogP contribution in [0.2, 0.25) is 0 Å². The largest absolute Gasteiger partial charge is 0.497 e. The Hall–Kier alpha value is -2.54. The summed E-state index contributed by atoms with van der Waals surface area (Å²) in [7, 11) is 3.59. The minimum atomic E-state index is 0.418. The predicted molar refractivity (Wildman–Crippen MR) is 70.0 cm³/mol. The van der Waals surface area contributed by atoms with Gasteiger partial charge in [0.1, 0.15) is 17.5 Å². The SMILES string of the molecule is COc1ccc(N(C)c2ccc(C#N)nc2)cc1. The number of hydrogen-bond acceptors (Lipinski definition) is 4. The molecule has 0 atom stereocenters. The molecule has 0 aliphatic heterocycles. The van der Waals surface area contributed by atoms with Crippen molar-refractivity contribution in [1.29, 1.82) is 5.26 Å². The van der Waals surface area contributed by atoms with Crippen LogP contribution < -0.4 is 9.64 Å². The number of anilines is 2. The molecule has 0 fully saturated rings. The van der Waals surface area contributed by atoms with Crippen LogP contribution in [0.25, 0.3) is 0 Å². The highest BCUT2D eigenvalue weighted by Crippen LogP contribution is 2.24. The molecule has 0 radical (unpaired) electrons. The quantitative estimate of drug-likeness (QED) is 0.826. The maximum absolute atomic E-state index is 8.70. The summed E-state index contributed by atoms with van der Waals surface area (Å²) in [6.45, 7) is 0. The van der Waals surface area contributed by atoms with Gasteiger partial charge in [-0.15, -0.1) is 0 Å². The van der Waals surface area contributed by atoms with Crippen molar-refractivity contribution < 1.29 is 4.74 Å². The van der Waals surface area contributed by atoms with Crippen LogP contribution in [-0.2, 0) is 0 Å². The predicted octanol–water partition coefficient (Wildman–Crippen LogP) is 2.73. The molecule has 1 aromatic carbocycles. The standard InChI is InChI=1S/C14H13N3O/c1-17(12-5-7-14(18-2)8-6-12)13-4-3-11(9-15)16-10-13/h3-8,10H,1-2H3. The van der Waals surface area contributed by atoms with Gasteiger partial charge in [0.25, 0.3) is 0 Å². The third-order valence-corrected chi connectivity index (χ3v) is 2.71. The summed E-state index contributed by atoms with van der Waals surface area (Å²) in [5.74, 6) is 0.824. The molecule has 0 saturated carbocycles. The van der Waals surface area contributed by atoms with Crippen LogP contribution in [-0.4, -0.2) is 19.1 Å². The maximum Gasteiger partial charge on any atom is 0.140 e. The van der Waals surface area contributed by atoms with Crippen molar-refractivity contribution in [1.82, 2.24) is 4.98 Å². The van der Waals surface area contributed by atoms with E-state index in [4.69, 9.17) is 10.00 Å². The second-order valence-electron chi connectivity index (χ2n) is 3.77. The lowest BCUT2D eigenvalue weighted by atomic mass is 10.2. The molecular formula is C14H13N3O. The molecule has 4 heteroatoms. The lowest BCUT2D eigenvalue weighted by Crippen LogP contribution is -2.09. The number of rotatable bonds is 3. The van der Waals surface area contributed by atoms with Crippen LogP contribution in [0.3, 0.4) is 0 Å². The van der Waals surface area contributed by atoms with E-state index >= 15 is 0 Å². The van der Waals surface area contributed by atoms with Crippen molar-refractivity contribution in [3.8, 4) is 11.8 Å². The molecule has 4 nitrogen and oxygen atoms in total. The highest BCUT2D eigenvalue weighted by Gasteiger charge is 2.04. The third-order valence-electron chi connectivity index (χ3n) is 2.71. The molecule has 2 rings (SSSR count). The first-order chi connectivity index (χ1) is 8.74. The fraction of sp³-hybridized carbons (Fsp3) is 0.143. The number of nitriles is 1. The van der Waals surface area contributed by atoms with Crippen molar-refractivity contribution in [2.45, 2.75) is 0 Å². The smallest absolute Gasteiger partial charge is 0.140 e. The van der Waals surface area contributed by atoms with Gasteiger partial charge in [-0.2, -0.15) is 5.26 Å². The first kappa shape index (κ1) is 11.9. The van der Waals surface area contributed by atoms with Gasteiger partial charge in [-0.1, -0.05) is 0 Å². The van der Waals surface area contributed by atoms with Gasteiger partial charge >= 0.3 is 0 Å². The Bertz CT molecular complexity index is 555. The van der Waals surface area contributed by atoms with Crippen molar-refractivity contribution in [3.63, 3.8) is 0 Å². The van der Waals surface area contributed by atoms with E-state index in [-0.39, 0.29) is 0 Å². The number of aromatic nitrogens is 1. The molecule has 0 amide bonds. The highest BCUT2D eigenvalue weighted by molar-refractivity contribution is 5.62. The van der Waals surface area contributed by atoms with Gasteiger partial charge in [0.2, 0.25) is 0 Å². The van der Waals surface area contributed by atoms with Crippen LogP contribution in [0.1, 0.15) is 5.69 Å². The molecule has 1 aromatic heterocycles. The summed E-state index contributed by atoms with van der Waals surface area (Å²) in [5, 5.41) is 8.70. The fourth-order valence-electron chi connectivity index (χ4n) is 1.61. The van der Waals surface area contributed by atoms with Crippen molar-refractivity contribution >= 4 is 11.4 Å². The first-order valence-corrected chi connectivity index (χ1v) is 5.48. The summed E-state index contributed by atoms with van der Waals surface area (Å²) in [6.07, 6.45) is 1.68. The zero-order valence-corrected chi connectivity index (χ0v) is 10.3. The molecule has 0 aliphatic rings. The molecule has 0 spiro atoms. The van der Waals surface area contributed by atoms with Gasteiger partial charge in [0, 0.05) is 12.7 Å². The molecule has 1 heterocycles. The third kappa shape index (κ3) is 2.41. The molecule has 0 bridgehead atoms. The Morgan fingerprint density at radius 3 is 2.28 bits per heavy atom. The average molecular weight is 239 g/mol. The average Bonchev–Trinajstić information content (AvgIpc) is 2.47. The van der Waals surface area contributed by atoms with Crippen LogP contribution in [0, 0.1) is 11.3 Å². The van der Waals surface area contributed by atoms with Gasteiger partial charge < -0.3 is 9.64 Å². The van der Waals surface area contributed by atoms with Crippen LogP contribution in [0.15, 0.2) is 42.6 Å². The zero-order valence-electron chi connectivity index (χ0n) is 10.3. The van der Waals surface area contributed by atoms with E-state index in [9.17, 15) is 0 Å². The molecule has 0 saturated heterocycles. The van der Waals surface area contributed by atoms with E-state index in [1.165, 1.54) is 0 Å². The molecule has 90 valence electrons. The highest BCUT2D eigenvalue weighted by atomic mass is 16.5. The number of nitrogens with zero attached hydrogens (tertiary/aromatic N) is 3. The Morgan fingerprint density at radius 1 is 1.11 bits per heavy atom. The molecular weight excluding hydrogens is 226 g/mol. The summed E-state index contributed by atoms with van der Waals surface area (Å²) in [5.41, 5.74) is 2.38. The summed E-state index contributed by atoms with van der Waals surface area (Å²) < 4.78 is 5.12. The Balaban J connectivity index is 2.23. The minimum absolute atomic E-state index is 0.418. The Labute approximate surface area is 106 Å². The summed E-state index contributed by atoms with van der Waals surface area (Å²) in [6, 6.07) is 13.3. The van der Waals surface area contributed by atoms with E-state index < -0.39 is 0 Å². The molecule has 18 heavy (non-hydrogen) atoms. The molecule has 0 N–H and O–H groups in total. The van der Waals surface area contributed by atoms with E-state index in [0.29, 0.717) is 5.69 Å². The van der Waals surface area contributed by atoms with Gasteiger partial charge in [-0.05, 0) is 36.4 Å². The lowest BCUT2D eigenvalue weighted by molar-refractivity contribution is 0.415. The second-order valence-corrected chi connectivity index (χ2v) is 3.77. The maximum atomic E-state index is 8.70. The molecule has 0 unspecified atom stereocenters. The van der Waals surface area contributed by atoms with Gasteiger partial charge in [0.05, 0.1) is 19.0 Å². The topological polar surface area (TPSA) is 49.1 Å². The van der Waals surface area contributed by atoms with Crippen LogP contribution in [0.4, 0.5) is 11.4 Å². The summed E-state index contributed by atoms with van der Waals surface area (Å²) in [4.78, 5) is 6.04. The number of ether oxygens (including phenoxy) is 1. The molecule has 2 aromatic rings. The lowest BCUT2D eigenvalue weighted by Gasteiger charge is -2.19. The number of methoxy groups -OCH3 is 1. The number of benzene rings is 1. The van der Waals surface area contributed by atoms with E-state index in [1.54, 1.807) is 19.4 Å². The minimum Gasteiger partial charge on any atom is -0.497 e. The zero-order chi connectivity index (χ0) is 13.0. The van der Waals surface area contributed by atoms with Crippen LogP contribution >= 0.6 is 0 Å². The molecule has 0 aliphatic carbocycles. The first-order valence-electron chi connectivity index (χ1n) is 5.48. The monoisotopic (exact) mass is 239 g/mol. The van der Waals surface area contributed by atoms with Crippen molar-refractivity contribution in [3.05, 3.63) is 48.3 Å². The van der Waals surface area contributed by atoms with E-state index in [2.05, 4.69) is 4.98 Å². The van der Waals surface area contributed by atoms with E-state index in [0.717, 1.165) is 17.1 Å². The normalized spacial score (nSPS) is 9.61. The van der Waals surface area contributed by atoms with Crippen molar-refractivity contribution in [2.75, 3.05) is 19.1 Å². The van der Waals surface area contributed by atoms with Gasteiger partial charge in [-0.3, -0.25) is 0 Å². The van der Waals surface area contributed by atoms with E-state index in [1.807, 2.05) is 48.3 Å².